The molecule has 0 amide bonds. The van der Waals surface area contributed by atoms with E-state index in [9.17, 15) is 0 Å². The smallest absolute Gasteiger partial charge is 0.00385 e. The molecule has 0 saturated carbocycles. The minimum absolute atomic E-state index is 0.748. The molecular formula is C16H32N2. The van der Waals surface area contributed by atoms with Gasteiger partial charge in [0.1, 0.15) is 0 Å². The van der Waals surface area contributed by atoms with Crippen LogP contribution in [0.1, 0.15) is 52.9 Å². The van der Waals surface area contributed by atoms with Crippen molar-refractivity contribution in [1.82, 2.24) is 9.80 Å². The zero-order valence-corrected chi connectivity index (χ0v) is 12.7. The number of hydrogen-bond donors (Lipinski definition) is 0. The molecule has 2 aliphatic rings. The van der Waals surface area contributed by atoms with Crippen LogP contribution in [-0.4, -0.2) is 48.6 Å². The Morgan fingerprint density at radius 1 is 0.889 bits per heavy atom. The Morgan fingerprint density at radius 2 is 1.39 bits per heavy atom. The minimum atomic E-state index is 0.748. The van der Waals surface area contributed by atoms with Gasteiger partial charge in [0.15, 0.2) is 0 Å². The van der Waals surface area contributed by atoms with E-state index in [-0.39, 0.29) is 0 Å². The molecule has 0 atom stereocenters. The van der Waals surface area contributed by atoms with Crippen LogP contribution in [0.2, 0.25) is 0 Å². The summed E-state index contributed by atoms with van der Waals surface area (Å²) in [5, 5.41) is 0. The van der Waals surface area contributed by atoms with Crippen molar-refractivity contribution in [2.24, 2.45) is 11.8 Å². The van der Waals surface area contributed by atoms with Crippen LogP contribution in [0.25, 0.3) is 0 Å². The first-order valence-electron chi connectivity index (χ1n) is 8.17. The van der Waals surface area contributed by atoms with Gasteiger partial charge >= 0.3 is 0 Å². The first-order chi connectivity index (χ1) is 8.70. The van der Waals surface area contributed by atoms with Gasteiger partial charge in [0.2, 0.25) is 0 Å². The first kappa shape index (κ1) is 14.3. The predicted molar refractivity (Wildman–Crippen MR) is 78.9 cm³/mol. The zero-order chi connectivity index (χ0) is 13.0. The van der Waals surface area contributed by atoms with E-state index in [1.54, 1.807) is 0 Å². The summed E-state index contributed by atoms with van der Waals surface area (Å²) in [5.74, 6) is 2.07. The summed E-state index contributed by atoms with van der Waals surface area (Å²) in [5.41, 5.74) is 0. The van der Waals surface area contributed by atoms with E-state index in [2.05, 4.69) is 30.6 Å². The van der Waals surface area contributed by atoms with E-state index >= 15 is 0 Å². The Kier molecular flexibility index (Phi) is 5.50. The van der Waals surface area contributed by atoms with Crippen LogP contribution in [0.4, 0.5) is 0 Å². The van der Waals surface area contributed by atoms with E-state index in [4.69, 9.17) is 0 Å². The highest BCUT2D eigenvalue weighted by atomic mass is 15.2. The Hall–Kier alpha value is -0.0800. The number of hydrogen-bond acceptors (Lipinski definition) is 2. The van der Waals surface area contributed by atoms with Gasteiger partial charge in [-0.15, -0.1) is 0 Å². The van der Waals surface area contributed by atoms with E-state index < -0.39 is 0 Å². The van der Waals surface area contributed by atoms with Gasteiger partial charge in [0.05, 0.1) is 0 Å². The largest absolute Gasteiger partial charge is 0.303 e. The van der Waals surface area contributed by atoms with Gasteiger partial charge in [0.25, 0.3) is 0 Å². The van der Waals surface area contributed by atoms with Gasteiger partial charge in [-0.25, -0.2) is 0 Å². The SMILES string of the molecule is CCCN1CCC(C2CCN(C(C)C)CC2)CC1. The second kappa shape index (κ2) is 6.91. The summed E-state index contributed by atoms with van der Waals surface area (Å²) < 4.78 is 0. The van der Waals surface area contributed by atoms with Crippen molar-refractivity contribution in [3.8, 4) is 0 Å². The molecule has 106 valence electrons. The molecule has 2 heterocycles. The van der Waals surface area contributed by atoms with Crippen molar-refractivity contribution in [1.29, 1.82) is 0 Å². The molecule has 2 heteroatoms. The average Bonchev–Trinajstić information content (AvgIpc) is 2.40. The maximum Gasteiger partial charge on any atom is 0.00385 e. The Balaban J connectivity index is 1.71. The number of likely N-dealkylation sites (tertiary alicyclic amines) is 2. The average molecular weight is 252 g/mol. The van der Waals surface area contributed by atoms with Crippen LogP contribution >= 0.6 is 0 Å². The Labute approximate surface area is 114 Å². The standard InChI is InChI=1S/C16H32N2/c1-4-9-17-10-5-15(6-11-17)16-7-12-18(13-8-16)14(2)3/h14-16H,4-13H2,1-3H3. The molecule has 2 saturated heterocycles. The third-order valence-electron chi connectivity index (χ3n) is 5.14. The number of nitrogens with zero attached hydrogens (tertiary/aromatic N) is 2. The van der Waals surface area contributed by atoms with Crippen molar-refractivity contribution < 1.29 is 0 Å². The summed E-state index contributed by atoms with van der Waals surface area (Å²) in [4.78, 5) is 5.32. The zero-order valence-electron chi connectivity index (χ0n) is 12.7. The molecule has 0 unspecified atom stereocenters. The summed E-state index contributed by atoms with van der Waals surface area (Å²) >= 11 is 0. The van der Waals surface area contributed by atoms with Gasteiger partial charge in [-0.2, -0.15) is 0 Å². The summed E-state index contributed by atoms with van der Waals surface area (Å²) in [6, 6.07) is 0.748. The Morgan fingerprint density at radius 3 is 1.83 bits per heavy atom. The van der Waals surface area contributed by atoms with Crippen molar-refractivity contribution in [2.45, 2.75) is 58.9 Å². The molecule has 2 fully saturated rings. The van der Waals surface area contributed by atoms with Crippen molar-refractivity contribution >= 4 is 0 Å². The van der Waals surface area contributed by atoms with Gasteiger partial charge in [0, 0.05) is 6.04 Å². The van der Waals surface area contributed by atoms with Gasteiger partial charge in [-0.05, 0) is 90.5 Å². The Bertz CT molecular complexity index is 223. The fourth-order valence-corrected chi connectivity index (χ4v) is 3.87. The molecule has 2 rings (SSSR count). The molecule has 0 aromatic heterocycles. The molecule has 0 aliphatic carbocycles. The fraction of sp³-hybridized carbons (Fsp3) is 1.00. The maximum atomic E-state index is 2.67. The summed E-state index contributed by atoms with van der Waals surface area (Å²) in [6.45, 7) is 13.7. The first-order valence-corrected chi connectivity index (χ1v) is 8.17. The molecule has 0 aromatic carbocycles. The fourth-order valence-electron chi connectivity index (χ4n) is 3.87. The van der Waals surface area contributed by atoms with Crippen molar-refractivity contribution in [3.63, 3.8) is 0 Å². The molecule has 2 aliphatic heterocycles. The van der Waals surface area contributed by atoms with Crippen LogP contribution in [0, 0.1) is 11.8 Å². The quantitative estimate of drug-likeness (QED) is 0.758. The van der Waals surface area contributed by atoms with Crippen LogP contribution in [0.5, 0.6) is 0 Å². The normalized spacial score (nSPS) is 26.0. The highest BCUT2D eigenvalue weighted by Crippen LogP contribution is 2.32. The topological polar surface area (TPSA) is 6.48 Å². The van der Waals surface area contributed by atoms with Crippen LogP contribution in [0.3, 0.4) is 0 Å². The maximum absolute atomic E-state index is 2.67. The molecule has 0 radical (unpaired) electrons. The molecule has 18 heavy (non-hydrogen) atoms. The number of piperidine rings is 2. The number of rotatable bonds is 4. The van der Waals surface area contributed by atoms with Gasteiger partial charge in [-0.1, -0.05) is 6.92 Å². The molecule has 2 nitrogen and oxygen atoms in total. The van der Waals surface area contributed by atoms with Gasteiger partial charge < -0.3 is 9.80 Å². The summed E-state index contributed by atoms with van der Waals surface area (Å²) in [6.07, 6.45) is 7.16. The predicted octanol–water partition coefficient (Wildman–Crippen LogP) is 3.23. The lowest BCUT2D eigenvalue weighted by Crippen LogP contribution is -2.42. The van der Waals surface area contributed by atoms with E-state index in [1.165, 1.54) is 64.8 Å². The monoisotopic (exact) mass is 252 g/mol. The highest BCUT2D eigenvalue weighted by Gasteiger charge is 2.29. The molecule has 0 aromatic rings. The van der Waals surface area contributed by atoms with E-state index in [0.717, 1.165) is 17.9 Å². The molecule has 0 N–H and O–H groups in total. The van der Waals surface area contributed by atoms with Crippen LogP contribution < -0.4 is 0 Å². The second-order valence-corrected chi connectivity index (χ2v) is 6.65. The highest BCUT2D eigenvalue weighted by molar-refractivity contribution is 4.82. The molecular weight excluding hydrogens is 220 g/mol. The second-order valence-electron chi connectivity index (χ2n) is 6.65. The lowest BCUT2D eigenvalue weighted by Gasteiger charge is -2.41. The molecule has 0 spiro atoms. The summed E-state index contributed by atoms with van der Waals surface area (Å²) in [7, 11) is 0. The van der Waals surface area contributed by atoms with E-state index in [0.29, 0.717) is 0 Å². The third-order valence-corrected chi connectivity index (χ3v) is 5.14. The minimum Gasteiger partial charge on any atom is -0.303 e. The van der Waals surface area contributed by atoms with Crippen molar-refractivity contribution in [2.75, 3.05) is 32.7 Å². The van der Waals surface area contributed by atoms with E-state index in [1.807, 2.05) is 0 Å². The lowest BCUT2D eigenvalue weighted by atomic mass is 9.78. The van der Waals surface area contributed by atoms with Gasteiger partial charge in [-0.3, -0.25) is 0 Å². The lowest BCUT2D eigenvalue weighted by molar-refractivity contribution is 0.0839. The van der Waals surface area contributed by atoms with Crippen LogP contribution in [0.15, 0.2) is 0 Å². The van der Waals surface area contributed by atoms with Crippen LogP contribution in [-0.2, 0) is 0 Å². The third kappa shape index (κ3) is 3.71. The molecule has 0 bridgehead atoms. The van der Waals surface area contributed by atoms with Crippen molar-refractivity contribution in [3.05, 3.63) is 0 Å².